The summed E-state index contributed by atoms with van der Waals surface area (Å²) in [6, 6.07) is 77.2. The van der Waals surface area contributed by atoms with E-state index in [-0.39, 0.29) is 0 Å². The van der Waals surface area contributed by atoms with Gasteiger partial charge in [0.2, 0.25) is 0 Å². The highest BCUT2D eigenvalue weighted by molar-refractivity contribution is 6.14. The summed E-state index contributed by atoms with van der Waals surface area (Å²) in [5.41, 5.74) is 10.5. The molecule has 62 heavy (non-hydrogen) atoms. The van der Waals surface area contributed by atoms with E-state index >= 15 is 0 Å². The van der Waals surface area contributed by atoms with Gasteiger partial charge < -0.3 is 0 Å². The summed E-state index contributed by atoms with van der Waals surface area (Å²) in [6.45, 7) is 0. The lowest BCUT2D eigenvalue weighted by Crippen LogP contribution is -2.01. The molecule has 10 aromatic carbocycles. The van der Waals surface area contributed by atoms with Gasteiger partial charge in [-0.15, -0.1) is 0 Å². The van der Waals surface area contributed by atoms with Crippen LogP contribution in [-0.2, 0) is 0 Å². The number of benzene rings is 10. The topological polar surface area (TPSA) is 51.6 Å². The molecule has 4 nitrogen and oxygen atoms in total. The van der Waals surface area contributed by atoms with Crippen molar-refractivity contribution in [2.24, 2.45) is 0 Å². The SMILES string of the molecule is c1ccc(-c2cc(-c3ccc(-c4ccc(-c5nc(-c6ccc7ccccc7c6)nc(-c6ccc7ccccc7c6)n5)c5ccccc45)cc3)c3c(ccc4ccccc43)n2)cc1. The Labute approximate surface area is 358 Å². The summed E-state index contributed by atoms with van der Waals surface area (Å²) in [4.78, 5) is 20.7. The molecule has 0 unspecified atom stereocenters. The van der Waals surface area contributed by atoms with E-state index in [2.05, 4.69) is 212 Å². The number of fused-ring (bicyclic) bond motifs is 6. The number of hydrogen-bond acceptors (Lipinski definition) is 4. The molecule has 0 spiro atoms. The second-order valence-electron chi connectivity index (χ2n) is 15.8. The molecule has 0 aliphatic rings. The lowest BCUT2D eigenvalue weighted by Gasteiger charge is -2.15. The first-order valence-corrected chi connectivity index (χ1v) is 21.0. The molecule has 2 heterocycles. The Morgan fingerprint density at radius 2 is 0.710 bits per heavy atom. The molecule has 12 rings (SSSR count). The predicted molar refractivity (Wildman–Crippen MR) is 258 cm³/mol. The third-order valence-electron chi connectivity index (χ3n) is 12.1. The highest BCUT2D eigenvalue weighted by Gasteiger charge is 2.18. The zero-order valence-corrected chi connectivity index (χ0v) is 33.6. The van der Waals surface area contributed by atoms with Crippen molar-refractivity contribution >= 4 is 54.0 Å². The van der Waals surface area contributed by atoms with Gasteiger partial charge in [-0.25, -0.2) is 19.9 Å². The van der Waals surface area contributed by atoms with E-state index in [0.717, 1.165) is 82.6 Å². The van der Waals surface area contributed by atoms with Gasteiger partial charge in [0.15, 0.2) is 17.5 Å². The zero-order valence-electron chi connectivity index (χ0n) is 33.6. The third-order valence-corrected chi connectivity index (χ3v) is 12.1. The molecule has 12 aromatic rings. The number of aromatic nitrogens is 4. The summed E-state index contributed by atoms with van der Waals surface area (Å²) in [6.07, 6.45) is 0. The van der Waals surface area contributed by atoms with Crippen LogP contribution in [0, 0.1) is 0 Å². The quantitative estimate of drug-likeness (QED) is 0.158. The molecular weight excluding hydrogens is 753 g/mol. The predicted octanol–water partition coefficient (Wildman–Crippen LogP) is 15.0. The van der Waals surface area contributed by atoms with Crippen LogP contribution < -0.4 is 0 Å². The van der Waals surface area contributed by atoms with E-state index in [1.165, 1.54) is 21.5 Å². The zero-order chi connectivity index (χ0) is 41.0. The van der Waals surface area contributed by atoms with Gasteiger partial charge in [-0.3, -0.25) is 0 Å². The number of nitrogens with zero attached hydrogens (tertiary/aromatic N) is 4. The molecule has 0 aliphatic carbocycles. The minimum Gasteiger partial charge on any atom is -0.248 e. The molecule has 2 aromatic heterocycles. The van der Waals surface area contributed by atoms with E-state index < -0.39 is 0 Å². The molecule has 0 N–H and O–H groups in total. The smallest absolute Gasteiger partial charge is 0.164 e. The Morgan fingerprint density at radius 3 is 1.35 bits per heavy atom. The van der Waals surface area contributed by atoms with Gasteiger partial charge in [-0.1, -0.05) is 188 Å². The van der Waals surface area contributed by atoms with Gasteiger partial charge in [0.1, 0.15) is 0 Å². The average Bonchev–Trinajstić information content (AvgIpc) is 3.35. The minimum atomic E-state index is 0.635. The van der Waals surface area contributed by atoms with Crippen LogP contribution in [0.15, 0.2) is 218 Å². The monoisotopic (exact) mass is 788 g/mol. The maximum absolute atomic E-state index is 5.21. The second-order valence-corrected chi connectivity index (χ2v) is 15.8. The fourth-order valence-electron chi connectivity index (χ4n) is 8.98. The molecule has 0 aliphatic heterocycles. The van der Waals surface area contributed by atoms with Crippen molar-refractivity contribution in [2.45, 2.75) is 0 Å². The number of hydrogen-bond donors (Lipinski definition) is 0. The van der Waals surface area contributed by atoms with Crippen molar-refractivity contribution in [3.63, 3.8) is 0 Å². The maximum Gasteiger partial charge on any atom is 0.164 e. The van der Waals surface area contributed by atoms with Gasteiger partial charge in [0.05, 0.1) is 11.2 Å². The van der Waals surface area contributed by atoms with Crippen LogP contribution in [0.5, 0.6) is 0 Å². The van der Waals surface area contributed by atoms with E-state index in [1.807, 2.05) is 6.07 Å². The Hall–Kier alpha value is -8.34. The van der Waals surface area contributed by atoms with E-state index in [0.29, 0.717) is 17.5 Å². The molecule has 0 saturated carbocycles. The second kappa shape index (κ2) is 14.7. The van der Waals surface area contributed by atoms with Crippen molar-refractivity contribution in [1.29, 1.82) is 0 Å². The summed E-state index contributed by atoms with van der Waals surface area (Å²) in [5.74, 6) is 1.91. The fraction of sp³-hybridized carbons (Fsp3) is 0. The molecular formula is C58H36N4. The van der Waals surface area contributed by atoms with Crippen LogP contribution in [0.4, 0.5) is 0 Å². The molecule has 0 saturated heterocycles. The highest BCUT2D eigenvalue weighted by atomic mass is 15.0. The van der Waals surface area contributed by atoms with Crippen LogP contribution in [0.1, 0.15) is 0 Å². The van der Waals surface area contributed by atoms with Crippen LogP contribution in [0.3, 0.4) is 0 Å². The Bertz CT molecular complexity index is 3590. The standard InChI is InChI=1S/C58H36N4/c1-2-15-42(16-3-1)54-36-52(55-48-19-9-8-14-39(48)30-33-53(55)59-54)41-26-24-40(25-27-41)47-31-32-51(50-21-11-10-20-49(47)50)58-61-56(45-28-22-37-12-4-6-17-43(37)34-45)60-57(62-58)46-29-23-38-13-5-7-18-44(38)35-46/h1-36H. The van der Waals surface area contributed by atoms with Gasteiger partial charge in [0.25, 0.3) is 0 Å². The molecule has 0 bridgehead atoms. The van der Waals surface area contributed by atoms with Gasteiger partial charge in [-0.2, -0.15) is 0 Å². The average molecular weight is 789 g/mol. The number of rotatable bonds is 6. The third kappa shape index (κ3) is 6.25. The number of pyridine rings is 1. The van der Waals surface area contributed by atoms with E-state index in [9.17, 15) is 0 Å². The Kier molecular flexibility index (Phi) is 8.46. The molecule has 0 fully saturated rings. The fourth-order valence-corrected chi connectivity index (χ4v) is 8.98. The summed E-state index contributed by atoms with van der Waals surface area (Å²) >= 11 is 0. The molecule has 0 amide bonds. The first-order chi connectivity index (χ1) is 30.7. The molecule has 0 atom stereocenters. The maximum atomic E-state index is 5.21. The molecule has 288 valence electrons. The molecule has 0 radical (unpaired) electrons. The summed E-state index contributed by atoms with van der Waals surface area (Å²) in [7, 11) is 0. The van der Waals surface area contributed by atoms with Crippen LogP contribution in [0.25, 0.3) is 122 Å². The highest BCUT2D eigenvalue weighted by Crippen LogP contribution is 2.40. The summed E-state index contributed by atoms with van der Waals surface area (Å²) < 4.78 is 0. The van der Waals surface area contributed by atoms with Crippen LogP contribution >= 0.6 is 0 Å². The van der Waals surface area contributed by atoms with Gasteiger partial charge >= 0.3 is 0 Å². The first kappa shape index (κ1) is 35.6. The van der Waals surface area contributed by atoms with Crippen molar-refractivity contribution in [3.05, 3.63) is 218 Å². The Balaban J connectivity index is 0.991. The molecule has 4 heteroatoms. The largest absolute Gasteiger partial charge is 0.248 e. The normalized spacial score (nSPS) is 11.5. The Morgan fingerprint density at radius 1 is 0.242 bits per heavy atom. The van der Waals surface area contributed by atoms with Crippen LogP contribution in [-0.4, -0.2) is 19.9 Å². The van der Waals surface area contributed by atoms with E-state index in [4.69, 9.17) is 19.9 Å². The van der Waals surface area contributed by atoms with Gasteiger partial charge in [0, 0.05) is 27.6 Å². The van der Waals surface area contributed by atoms with Gasteiger partial charge in [-0.05, 0) is 95.7 Å². The van der Waals surface area contributed by atoms with Crippen molar-refractivity contribution in [2.75, 3.05) is 0 Å². The lowest BCUT2D eigenvalue weighted by atomic mass is 9.91. The summed E-state index contributed by atoms with van der Waals surface area (Å²) in [5, 5.41) is 10.4. The van der Waals surface area contributed by atoms with Crippen molar-refractivity contribution < 1.29 is 0 Å². The van der Waals surface area contributed by atoms with Crippen LogP contribution in [0.2, 0.25) is 0 Å². The van der Waals surface area contributed by atoms with Crippen molar-refractivity contribution in [3.8, 4) is 67.7 Å². The van der Waals surface area contributed by atoms with Crippen molar-refractivity contribution in [1.82, 2.24) is 19.9 Å². The first-order valence-electron chi connectivity index (χ1n) is 21.0. The lowest BCUT2D eigenvalue weighted by molar-refractivity contribution is 1.08. The minimum absolute atomic E-state index is 0.635. The van der Waals surface area contributed by atoms with E-state index in [1.54, 1.807) is 0 Å².